The van der Waals surface area contributed by atoms with Gasteiger partial charge in [-0.15, -0.1) is 0 Å². The van der Waals surface area contributed by atoms with Gasteiger partial charge in [0.2, 0.25) is 5.88 Å². The zero-order chi connectivity index (χ0) is 25.7. The number of aliphatic hydroxyl groups excluding tert-OH is 1. The number of carboxylic acid groups (broad SMARTS) is 1. The van der Waals surface area contributed by atoms with E-state index in [1.54, 1.807) is 36.4 Å². The SMILES string of the molecule is O=C(O)c1ccc2c(c1)Oc1ccc(OCc3c(-c4c(Cl)cccc4Cl)noc3C3CC3)nc1CC2O. The number of carbonyl (C=O) groups is 1. The molecule has 37 heavy (non-hydrogen) atoms. The molecule has 1 saturated carbocycles. The molecule has 0 amide bonds. The number of aromatic carboxylic acids is 1. The molecule has 1 unspecified atom stereocenters. The van der Waals surface area contributed by atoms with E-state index in [-0.39, 0.29) is 30.3 Å². The molecule has 4 aromatic rings. The number of aromatic nitrogens is 2. The Morgan fingerprint density at radius 3 is 2.59 bits per heavy atom. The molecule has 3 heterocycles. The summed E-state index contributed by atoms with van der Waals surface area (Å²) in [6.45, 7) is 0.129. The van der Waals surface area contributed by atoms with Gasteiger partial charge in [-0.25, -0.2) is 9.78 Å². The van der Waals surface area contributed by atoms with E-state index in [2.05, 4.69) is 10.1 Å². The van der Waals surface area contributed by atoms with Gasteiger partial charge < -0.3 is 24.2 Å². The lowest BCUT2D eigenvalue weighted by molar-refractivity contribution is 0.0696. The predicted octanol–water partition coefficient (Wildman–Crippen LogP) is 6.58. The van der Waals surface area contributed by atoms with Gasteiger partial charge in [-0.2, -0.15) is 0 Å². The van der Waals surface area contributed by atoms with Crippen LogP contribution in [0.25, 0.3) is 11.3 Å². The first-order valence-corrected chi connectivity index (χ1v) is 12.4. The van der Waals surface area contributed by atoms with Crippen LogP contribution in [0, 0.1) is 0 Å². The first-order chi connectivity index (χ1) is 17.9. The Kier molecular flexibility index (Phi) is 6.03. The van der Waals surface area contributed by atoms with E-state index in [1.807, 2.05) is 0 Å². The van der Waals surface area contributed by atoms with Gasteiger partial charge in [-0.05, 0) is 43.2 Å². The number of nitrogens with zero attached hydrogens (tertiary/aromatic N) is 2. The van der Waals surface area contributed by atoms with Crippen molar-refractivity contribution in [1.82, 2.24) is 10.1 Å². The summed E-state index contributed by atoms with van der Waals surface area (Å²) in [5.41, 5.74) is 2.93. The van der Waals surface area contributed by atoms with Gasteiger partial charge >= 0.3 is 5.97 Å². The van der Waals surface area contributed by atoms with Crippen molar-refractivity contribution in [3.05, 3.63) is 86.7 Å². The predicted molar refractivity (Wildman–Crippen MR) is 135 cm³/mol. The fraction of sp³-hybridized carbons (Fsp3) is 0.222. The first kappa shape index (κ1) is 23.8. The minimum atomic E-state index is -1.08. The highest BCUT2D eigenvalue weighted by Gasteiger charge is 2.34. The maximum Gasteiger partial charge on any atom is 0.335 e. The molecule has 1 fully saturated rings. The fourth-order valence-corrected chi connectivity index (χ4v) is 5.00. The minimum absolute atomic E-state index is 0.0666. The molecule has 2 aromatic carbocycles. The van der Waals surface area contributed by atoms with Crippen LogP contribution in [0.15, 0.2) is 53.1 Å². The average molecular weight is 539 g/mol. The summed E-state index contributed by atoms with van der Waals surface area (Å²) >= 11 is 12.9. The zero-order valence-corrected chi connectivity index (χ0v) is 20.8. The molecule has 1 aliphatic carbocycles. The van der Waals surface area contributed by atoms with Crippen molar-refractivity contribution in [1.29, 1.82) is 0 Å². The number of hydrogen-bond donors (Lipinski definition) is 2. The van der Waals surface area contributed by atoms with Crippen LogP contribution in [-0.4, -0.2) is 26.3 Å². The van der Waals surface area contributed by atoms with Crippen molar-refractivity contribution < 1.29 is 29.0 Å². The molecule has 6 rings (SSSR count). The van der Waals surface area contributed by atoms with Crippen LogP contribution in [0.2, 0.25) is 10.0 Å². The van der Waals surface area contributed by atoms with Gasteiger partial charge in [-0.1, -0.05) is 40.5 Å². The highest BCUT2D eigenvalue weighted by Crippen LogP contribution is 2.46. The second-order valence-corrected chi connectivity index (χ2v) is 9.82. The number of halogens is 2. The number of hydrogen-bond acceptors (Lipinski definition) is 7. The molecule has 2 aliphatic rings. The summed E-state index contributed by atoms with van der Waals surface area (Å²) in [4.78, 5) is 15.9. The summed E-state index contributed by atoms with van der Waals surface area (Å²) in [5.74, 6) is 0.971. The standard InChI is InChI=1S/C27H20Cl2N2O6/c28-17-2-1-3-18(29)24(17)25-16(26(37-31-25)13-4-5-13)12-35-23-9-8-21-19(30-23)11-20(32)15-7-6-14(27(33)34)10-22(15)36-21/h1-3,6-10,13,20,32H,4-5,11-12H2,(H,33,34). The molecule has 2 aromatic heterocycles. The summed E-state index contributed by atoms with van der Waals surface area (Å²) in [5, 5.41) is 25.3. The van der Waals surface area contributed by atoms with Crippen LogP contribution in [0.4, 0.5) is 0 Å². The molecule has 2 N–H and O–H groups in total. The largest absolute Gasteiger partial charge is 0.478 e. The molecular weight excluding hydrogens is 519 g/mol. The fourth-order valence-electron chi connectivity index (χ4n) is 4.43. The van der Waals surface area contributed by atoms with E-state index in [0.29, 0.717) is 44.2 Å². The number of ether oxygens (including phenoxy) is 2. The number of pyridine rings is 1. The van der Waals surface area contributed by atoms with Crippen molar-refractivity contribution >= 4 is 29.2 Å². The maximum atomic E-state index is 11.4. The molecule has 0 bridgehead atoms. The molecule has 10 heteroatoms. The van der Waals surface area contributed by atoms with Gasteiger partial charge in [-0.3, -0.25) is 0 Å². The lowest BCUT2D eigenvalue weighted by Gasteiger charge is -2.11. The van der Waals surface area contributed by atoms with Gasteiger partial charge in [0.25, 0.3) is 0 Å². The molecule has 0 spiro atoms. The summed E-state index contributed by atoms with van der Waals surface area (Å²) < 4.78 is 17.7. The molecule has 188 valence electrons. The Morgan fingerprint density at radius 2 is 1.86 bits per heavy atom. The van der Waals surface area contributed by atoms with Gasteiger partial charge in [0.15, 0.2) is 0 Å². The van der Waals surface area contributed by atoms with Crippen molar-refractivity contribution in [3.8, 4) is 28.6 Å². The Labute approximate surface area is 221 Å². The van der Waals surface area contributed by atoms with Crippen LogP contribution in [0.1, 0.15) is 57.8 Å². The lowest BCUT2D eigenvalue weighted by atomic mass is 10.0. The normalized spacial score (nSPS) is 16.4. The van der Waals surface area contributed by atoms with Crippen molar-refractivity contribution in [3.63, 3.8) is 0 Å². The van der Waals surface area contributed by atoms with E-state index < -0.39 is 12.1 Å². The van der Waals surface area contributed by atoms with E-state index in [0.717, 1.165) is 24.2 Å². The Morgan fingerprint density at radius 1 is 1.08 bits per heavy atom. The highest BCUT2D eigenvalue weighted by atomic mass is 35.5. The zero-order valence-electron chi connectivity index (χ0n) is 19.3. The van der Waals surface area contributed by atoms with Crippen LogP contribution >= 0.6 is 23.2 Å². The van der Waals surface area contributed by atoms with Gasteiger partial charge in [0.1, 0.15) is 29.6 Å². The number of carboxylic acids is 1. The molecule has 1 atom stereocenters. The lowest BCUT2D eigenvalue weighted by Crippen LogP contribution is -2.05. The molecule has 0 saturated heterocycles. The van der Waals surface area contributed by atoms with E-state index in [9.17, 15) is 15.0 Å². The highest BCUT2D eigenvalue weighted by molar-refractivity contribution is 6.39. The maximum absolute atomic E-state index is 11.4. The molecular formula is C27H20Cl2N2O6. The van der Waals surface area contributed by atoms with Crippen molar-refractivity contribution in [2.75, 3.05) is 0 Å². The van der Waals surface area contributed by atoms with Crippen LogP contribution in [0.3, 0.4) is 0 Å². The monoisotopic (exact) mass is 538 g/mol. The minimum Gasteiger partial charge on any atom is -0.478 e. The van der Waals surface area contributed by atoms with E-state index in [1.165, 1.54) is 12.1 Å². The van der Waals surface area contributed by atoms with Crippen molar-refractivity contribution in [2.24, 2.45) is 0 Å². The number of rotatable bonds is 6. The molecule has 8 nitrogen and oxygen atoms in total. The smallest absolute Gasteiger partial charge is 0.335 e. The van der Waals surface area contributed by atoms with Crippen LogP contribution < -0.4 is 9.47 Å². The van der Waals surface area contributed by atoms with Crippen LogP contribution in [0.5, 0.6) is 17.4 Å². The Hall–Kier alpha value is -3.59. The third-order valence-corrected chi connectivity index (χ3v) is 7.09. The van der Waals surface area contributed by atoms with Crippen molar-refractivity contribution in [2.45, 2.75) is 37.9 Å². The van der Waals surface area contributed by atoms with Gasteiger partial charge in [0.05, 0.1) is 33.0 Å². The number of aliphatic hydroxyl groups is 1. The van der Waals surface area contributed by atoms with E-state index in [4.69, 9.17) is 37.2 Å². The summed E-state index contributed by atoms with van der Waals surface area (Å²) in [7, 11) is 0. The Balaban J connectivity index is 1.29. The van der Waals surface area contributed by atoms with Gasteiger partial charge in [0, 0.05) is 29.5 Å². The second-order valence-electron chi connectivity index (χ2n) is 9.01. The summed E-state index contributed by atoms with van der Waals surface area (Å²) in [6, 6.07) is 13.0. The summed E-state index contributed by atoms with van der Waals surface area (Å²) in [6.07, 6.45) is 1.27. The first-order valence-electron chi connectivity index (χ1n) is 11.7. The van der Waals surface area contributed by atoms with E-state index >= 15 is 0 Å². The average Bonchev–Trinajstić information content (AvgIpc) is 3.65. The molecule has 1 aliphatic heterocycles. The second kappa shape index (κ2) is 9.37. The Bertz CT molecular complexity index is 1510. The number of benzene rings is 2. The third kappa shape index (κ3) is 4.52. The topological polar surface area (TPSA) is 115 Å². The number of fused-ring (bicyclic) bond motifs is 2. The third-order valence-electron chi connectivity index (χ3n) is 6.46. The van der Waals surface area contributed by atoms with Crippen LogP contribution in [-0.2, 0) is 13.0 Å². The molecule has 0 radical (unpaired) electrons. The quantitative estimate of drug-likeness (QED) is 0.282.